The van der Waals surface area contributed by atoms with Crippen molar-refractivity contribution in [3.8, 4) is 5.75 Å². The number of allylic oxidation sites excluding steroid dienone is 1. The number of piperidine rings is 1. The molecule has 5 heteroatoms. The van der Waals surface area contributed by atoms with Gasteiger partial charge in [0, 0.05) is 25.3 Å². The highest BCUT2D eigenvalue weighted by Crippen LogP contribution is 2.27. The van der Waals surface area contributed by atoms with Crippen LogP contribution < -0.4 is 10.2 Å². The Morgan fingerprint density at radius 1 is 0.941 bits per heavy atom. The predicted molar refractivity (Wildman–Crippen MR) is 138 cm³/mol. The lowest BCUT2D eigenvalue weighted by Gasteiger charge is -2.33. The normalized spacial score (nSPS) is 14.7. The van der Waals surface area contributed by atoms with Gasteiger partial charge in [0.05, 0.1) is 0 Å². The second-order valence-electron chi connectivity index (χ2n) is 8.91. The predicted octanol–water partition coefficient (Wildman–Crippen LogP) is 6.05. The summed E-state index contributed by atoms with van der Waals surface area (Å²) in [5.74, 6) is 0.709. The molecule has 0 spiro atoms. The van der Waals surface area contributed by atoms with E-state index in [1.807, 2.05) is 18.2 Å². The van der Waals surface area contributed by atoms with Gasteiger partial charge < -0.3 is 20.4 Å². The molecule has 4 rings (SSSR count). The number of hydrogen-bond acceptors (Lipinski definition) is 3. The third-order valence-electron chi connectivity index (χ3n) is 6.52. The molecule has 176 valence electrons. The summed E-state index contributed by atoms with van der Waals surface area (Å²) < 4.78 is 0. The summed E-state index contributed by atoms with van der Waals surface area (Å²) in [6.45, 7) is 2.44. The van der Waals surface area contributed by atoms with E-state index in [2.05, 4.69) is 64.8 Å². The Hall–Kier alpha value is -3.73. The van der Waals surface area contributed by atoms with Gasteiger partial charge in [-0.05, 0) is 78.1 Å². The van der Waals surface area contributed by atoms with Crippen LogP contribution in [0.25, 0.3) is 11.6 Å². The van der Waals surface area contributed by atoms with Crippen molar-refractivity contribution >= 4 is 23.4 Å². The lowest BCUT2D eigenvalue weighted by atomic mass is 9.95. The molecule has 5 nitrogen and oxygen atoms in total. The van der Waals surface area contributed by atoms with Gasteiger partial charge in [-0.2, -0.15) is 0 Å². The van der Waals surface area contributed by atoms with Crippen molar-refractivity contribution in [2.45, 2.75) is 25.7 Å². The van der Waals surface area contributed by atoms with Gasteiger partial charge in [-0.1, -0.05) is 60.7 Å². The molecule has 1 aliphatic rings. The van der Waals surface area contributed by atoms with Gasteiger partial charge in [-0.15, -0.1) is 0 Å². The molecule has 3 aromatic carbocycles. The second kappa shape index (κ2) is 11.4. The van der Waals surface area contributed by atoms with Gasteiger partial charge >= 0.3 is 6.09 Å². The number of nitrogens with one attached hydrogen (secondary N) is 1. The number of carbonyl (C=O) groups is 1. The molecule has 0 unspecified atom stereocenters. The molecular weight excluding hydrogens is 424 g/mol. The van der Waals surface area contributed by atoms with Crippen molar-refractivity contribution < 1.29 is 15.0 Å². The second-order valence-corrected chi connectivity index (χ2v) is 8.91. The van der Waals surface area contributed by atoms with Gasteiger partial charge in [-0.3, -0.25) is 0 Å². The van der Waals surface area contributed by atoms with E-state index in [9.17, 15) is 9.90 Å². The third-order valence-corrected chi connectivity index (χ3v) is 6.52. The summed E-state index contributed by atoms with van der Waals surface area (Å²) in [4.78, 5) is 13.1. The molecule has 1 fully saturated rings. The fraction of sp³-hybridized carbons (Fsp3) is 0.276. The average Bonchev–Trinajstić information content (AvgIpc) is 2.87. The first-order chi connectivity index (χ1) is 16.6. The minimum absolute atomic E-state index is 0.295. The number of phenolic OH excluding ortho intramolecular Hbond substituents is 1. The molecule has 1 aliphatic heterocycles. The third kappa shape index (κ3) is 6.64. The number of benzene rings is 3. The molecule has 3 aromatic rings. The Labute approximate surface area is 201 Å². The first-order valence-corrected chi connectivity index (χ1v) is 11.9. The van der Waals surface area contributed by atoms with E-state index in [1.165, 1.54) is 28.0 Å². The SMILES string of the molecule is O=C(O)NCC1CCN(c2ccc(C=C(CCc3ccc(O)cc3)c3ccccc3)cc2)CC1. The summed E-state index contributed by atoms with van der Waals surface area (Å²) in [5, 5.41) is 20.9. The van der Waals surface area contributed by atoms with E-state index in [4.69, 9.17) is 5.11 Å². The largest absolute Gasteiger partial charge is 0.508 e. The molecule has 0 atom stereocenters. The van der Waals surface area contributed by atoms with E-state index in [1.54, 1.807) is 12.1 Å². The van der Waals surface area contributed by atoms with Crippen LogP contribution in [-0.2, 0) is 6.42 Å². The first kappa shape index (κ1) is 23.4. The van der Waals surface area contributed by atoms with E-state index in [-0.39, 0.29) is 0 Å². The minimum Gasteiger partial charge on any atom is -0.508 e. The molecule has 0 saturated carbocycles. The molecule has 0 aliphatic carbocycles. The standard InChI is InChI=1S/C29H32N2O3/c32-28-14-9-22(10-15-28)6-11-26(25-4-2-1-3-5-25)20-23-7-12-27(13-8-23)31-18-16-24(17-19-31)21-30-29(33)34/h1-5,7-10,12-15,20,24,30,32H,6,11,16-19,21H2,(H,33,34). The lowest BCUT2D eigenvalue weighted by molar-refractivity contribution is 0.191. The molecule has 3 N–H and O–H groups in total. The highest BCUT2D eigenvalue weighted by Gasteiger charge is 2.19. The highest BCUT2D eigenvalue weighted by atomic mass is 16.4. The van der Waals surface area contributed by atoms with E-state index in [0.29, 0.717) is 18.2 Å². The zero-order valence-electron chi connectivity index (χ0n) is 19.4. The van der Waals surface area contributed by atoms with Crippen LogP contribution in [0.2, 0.25) is 0 Å². The molecule has 1 saturated heterocycles. The number of nitrogens with zero attached hydrogens (tertiary/aromatic N) is 1. The number of aromatic hydroxyl groups is 1. The van der Waals surface area contributed by atoms with Crippen molar-refractivity contribution in [3.05, 3.63) is 95.6 Å². The van der Waals surface area contributed by atoms with Crippen molar-refractivity contribution in [2.75, 3.05) is 24.5 Å². The Kier molecular flexibility index (Phi) is 7.87. The lowest BCUT2D eigenvalue weighted by Crippen LogP contribution is -2.38. The van der Waals surface area contributed by atoms with Crippen LogP contribution in [0.15, 0.2) is 78.9 Å². The van der Waals surface area contributed by atoms with Crippen LogP contribution in [0.1, 0.15) is 36.0 Å². The number of amides is 1. The maximum absolute atomic E-state index is 10.7. The Morgan fingerprint density at radius 2 is 1.62 bits per heavy atom. The maximum atomic E-state index is 10.7. The summed E-state index contributed by atoms with van der Waals surface area (Å²) in [7, 11) is 0. The molecule has 0 bridgehead atoms. The van der Waals surface area contributed by atoms with Gasteiger partial charge in [0.15, 0.2) is 0 Å². The summed E-state index contributed by atoms with van der Waals surface area (Å²) >= 11 is 0. The summed E-state index contributed by atoms with van der Waals surface area (Å²) in [6.07, 6.45) is 5.14. The zero-order chi connectivity index (χ0) is 23.8. The van der Waals surface area contributed by atoms with Gasteiger partial charge in [0.1, 0.15) is 5.75 Å². The Balaban J connectivity index is 1.42. The van der Waals surface area contributed by atoms with E-state index < -0.39 is 6.09 Å². The molecule has 34 heavy (non-hydrogen) atoms. The van der Waals surface area contributed by atoms with Crippen LogP contribution in [-0.4, -0.2) is 35.9 Å². The summed E-state index contributed by atoms with van der Waals surface area (Å²) in [5.41, 5.74) is 6.11. The highest BCUT2D eigenvalue weighted by molar-refractivity contribution is 5.82. The quantitative estimate of drug-likeness (QED) is 0.361. The topological polar surface area (TPSA) is 72.8 Å². The fourth-order valence-electron chi connectivity index (χ4n) is 4.50. The van der Waals surface area contributed by atoms with Gasteiger partial charge in [0.25, 0.3) is 0 Å². The van der Waals surface area contributed by atoms with Crippen molar-refractivity contribution in [1.29, 1.82) is 0 Å². The van der Waals surface area contributed by atoms with Crippen LogP contribution in [0.4, 0.5) is 10.5 Å². The Morgan fingerprint density at radius 3 is 2.26 bits per heavy atom. The van der Waals surface area contributed by atoms with Gasteiger partial charge in [0.2, 0.25) is 0 Å². The molecule has 1 amide bonds. The number of hydrogen-bond donors (Lipinski definition) is 3. The first-order valence-electron chi connectivity index (χ1n) is 11.9. The number of anilines is 1. The molecular formula is C29H32N2O3. The fourth-order valence-corrected chi connectivity index (χ4v) is 4.50. The number of carboxylic acid groups (broad SMARTS) is 1. The molecule has 1 heterocycles. The van der Waals surface area contributed by atoms with E-state index in [0.717, 1.165) is 38.8 Å². The zero-order valence-corrected chi connectivity index (χ0v) is 19.4. The van der Waals surface area contributed by atoms with Crippen LogP contribution in [0.5, 0.6) is 5.75 Å². The monoisotopic (exact) mass is 456 g/mol. The van der Waals surface area contributed by atoms with Crippen LogP contribution in [0.3, 0.4) is 0 Å². The number of phenols is 1. The van der Waals surface area contributed by atoms with Crippen LogP contribution >= 0.6 is 0 Å². The van der Waals surface area contributed by atoms with Gasteiger partial charge in [-0.25, -0.2) is 4.79 Å². The van der Waals surface area contributed by atoms with E-state index >= 15 is 0 Å². The maximum Gasteiger partial charge on any atom is 0.404 e. The Bertz CT molecular complexity index is 1080. The number of aryl methyl sites for hydroxylation is 1. The average molecular weight is 457 g/mol. The van der Waals surface area contributed by atoms with Crippen molar-refractivity contribution in [1.82, 2.24) is 5.32 Å². The summed E-state index contributed by atoms with van der Waals surface area (Å²) in [6, 6.07) is 26.7. The van der Waals surface area contributed by atoms with Crippen molar-refractivity contribution in [3.63, 3.8) is 0 Å². The smallest absolute Gasteiger partial charge is 0.404 e. The molecule has 0 aromatic heterocycles. The number of rotatable bonds is 8. The molecule has 0 radical (unpaired) electrons. The minimum atomic E-state index is -0.941. The van der Waals surface area contributed by atoms with Crippen molar-refractivity contribution in [2.24, 2.45) is 5.92 Å². The van der Waals surface area contributed by atoms with Crippen LogP contribution in [0, 0.1) is 5.92 Å².